The fraction of sp³-hybridized carbons (Fsp3) is 0.500. The number of rotatable bonds is 4. The highest BCUT2D eigenvalue weighted by Crippen LogP contribution is 2.15. The van der Waals surface area contributed by atoms with Crippen LogP contribution in [0.4, 0.5) is 11.6 Å². The molecule has 0 saturated carbocycles. The molecule has 2 aromatic heterocycles. The van der Waals surface area contributed by atoms with Crippen LogP contribution in [0.2, 0.25) is 0 Å². The van der Waals surface area contributed by atoms with Gasteiger partial charge in [0.1, 0.15) is 19.2 Å². The molecule has 0 N–H and O–H groups in total. The average Bonchev–Trinajstić information content (AvgIpc) is 3.08. The Hall–Kier alpha value is -2.71. The maximum Gasteiger partial charge on any atom is 0.244 e. The largest absolute Gasteiger partial charge is 0.361 e. The van der Waals surface area contributed by atoms with Crippen LogP contribution in [0, 0.1) is 0 Å². The van der Waals surface area contributed by atoms with E-state index in [-0.39, 0.29) is 12.5 Å². The Morgan fingerprint density at radius 1 is 1.17 bits per heavy atom. The smallest absolute Gasteiger partial charge is 0.244 e. The number of anilines is 2. The van der Waals surface area contributed by atoms with Crippen LogP contribution in [0.25, 0.3) is 0 Å². The highest BCUT2D eigenvalue weighted by molar-refractivity contribution is 5.76. The van der Waals surface area contributed by atoms with Crippen LogP contribution in [0.1, 0.15) is 0 Å². The number of carbonyl (C=O) groups is 1. The summed E-state index contributed by atoms with van der Waals surface area (Å²) in [5.41, 5.74) is 0. The second kappa shape index (κ2) is 6.59. The summed E-state index contributed by atoms with van der Waals surface area (Å²) in [6.45, 7) is 3.07. The molecule has 0 radical (unpaired) electrons. The molecule has 122 valence electrons. The van der Waals surface area contributed by atoms with E-state index in [1.165, 1.54) is 6.33 Å². The molecule has 2 aromatic rings. The molecule has 0 spiro atoms. The summed E-state index contributed by atoms with van der Waals surface area (Å²) in [7, 11) is 3.87. The van der Waals surface area contributed by atoms with E-state index >= 15 is 0 Å². The maximum atomic E-state index is 12.2. The molecular weight excluding hydrogens is 296 g/mol. The minimum atomic E-state index is 0.0594. The van der Waals surface area contributed by atoms with Gasteiger partial charge < -0.3 is 14.7 Å². The Kier molecular flexibility index (Phi) is 4.35. The second-order valence-corrected chi connectivity index (χ2v) is 5.61. The van der Waals surface area contributed by atoms with Crippen molar-refractivity contribution >= 4 is 17.5 Å². The van der Waals surface area contributed by atoms with E-state index in [1.54, 1.807) is 11.0 Å². The first-order valence-corrected chi connectivity index (χ1v) is 7.49. The molecule has 3 rings (SSSR count). The van der Waals surface area contributed by atoms with Gasteiger partial charge in [0.05, 0.1) is 0 Å². The zero-order valence-electron chi connectivity index (χ0n) is 13.3. The molecule has 23 heavy (non-hydrogen) atoms. The number of amides is 1. The lowest BCUT2D eigenvalue weighted by Crippen LogP contribution is -2.50. The van der Waals surface area contributed by atoms with Crippen molar-refractivity contribution in [3.8, 4) is 0 Å². The predicted octanol–water partition coefficient (Wildman–Crippen LogP) is -0.517. The van der Waals surface area contributed by atoms with Gasteiger partial charge in [0.2, 0.25) is 5.91 Å². The highest BCUT2D eigenvalue weighted by Gasteiger charge is 2.22. The van der Waals surface area contributed by atoms with Crippen molar-refractivity contribution in [2.24, 2.45) is 0 Å². The minimum Gasteiger partial charge on any atom is -0.361 e. The van der Waals surface area contributed by atoms with Gasteiger partial charge in [-0.15, -0.1) is 10.2 Å². The van der Waals surface area contributed by atoms with Gasteiger partial charge in [0, 0.05) is 40.3 Å². The van der Waals surface area contributed by atoms with E-state index in [4.69, 9.17) is 0 Å². The predicted molar refractivity (Wildman–Crippen MR) is 85.2 cm³/mol. The molecule has 1 saturated heterocycles. The molecule has 0 aliphatic carbocycles. The van der Waals surface area contributed by atoms with Crippen molar-refractivity contribution in [1.29, 1.82) is 0 Å². The molecule has 9 heteroatoms. The lowest BCUT2D eigenvalue weighted by Gasteiger charge is -2.35. The quantitative estimate of drug-likeness (QED) is 0.750. The SMILES string of the molecule is CN(C)c1ccc(N2CCN(C(=O)Cn3cncn3)CC2)nn1. The third-order valence-electron chi connectivity index (χ3n) is 3.81. The summed E-state index contributed by atoms with van der Waals surface area (Å²) in [6, 6.07) is 3.92. The number of aromatic nitrogens is 5. The zero-order chi connectivity index (χ0) is 16.2. The van der Waals surface area contributed by atoms with Gasteiger partial charge in [-0.25, -0.2) is 9.67 Å². The van der Waals surface area contributed by atoms with Gasteiger partial charge in [-0.1, -0.05) is 0 Å². The van der Waals surface area contributed by atoms with Crippen LogP contribution in [-0.4, -0.2) is 76.0 Å². The number of carbonyl (C=O) groups excluding carboxylic acids is 1. The minimum absolute atomic E-state index is 0.0594. The summed E-state index contributed by atoms with van der Waals surface area (Å²) in [5, 5.41) is 12.4. The van der Waals surface area contributed by atoms with E-state index < -0.39 is 0 Å². The van der Waals surface area contributed by atoms with Crippen LogP contribution in [0.3, 0.4) is 0 Å². The van der Waals surface area contributed by atoms with Crippen molar-refractivity contribution in [3.63, 3.8) is 0 Å². The molecule has 1 aliphatic heterocycles. The average molecular weight is 316 g/mol. The number of piperazine rings is 1. The molecule has 0 atom stereocenters. The third-order valence-corrected chi connectivity index (χ3v) is 3.81. The summed E-state index contributed by atoms with van der Waals surface area (Å²) in [4.78, 5) is 22.0. The first kappa shape index (κ1) is 15.2. The lowest BCUT2D eigenvalue weighted by molar-refractivity contribution is -0.132. The first-order chi connectivity index (χ1) is 11.1. The molecule has 0 aromatic carbocycles. The van der Waals surface area contributed by atoms with Crippen LogP contribution >= 0.6 is 0 Å². The van der Waals surface area contributed by atoms with Crippen molar-refractivity contribution < 1.29 is 4.79 Å². The second-order valence-electron chi connectivity index (χ2n) is 5.61. The van der Waals surface area contributed by atoms with E-state index in [9.17, 15) is 4.79 Å². The Balaban J connectivity index is 1.54. The summed E-state index contributed by atoms with van der Waals surface area (Å²) in [6.07, 6.45) is 2.98. The van der Waals surface area contributed by atoms with E-state index in [2.05, 4.69) is 25.2 Å². The van der Waals surface area contributed by atoms with E-state index in [1.807, 2.05) is 36.0 Å². The van der Waals surface area contributed by atoms with E-state index in [0.29, 0.717) is 13.1 Å². The lowest BCUT2D eigenvalue weighted by atomic mass is 10.3. The van der Waals surface area contributed by atoms with Gasteiger partial charge >= 0.3 is 0 Å². The van der Waals surface area contributed by atoms with Crippen molar-refractivity contribution in [2.45, 2.75) is 6.54 Å². The van der Waals surface area contributed by atoms with Crippen LogP contribution in [0.5, 0.6) is 0 Å². The number of hydrogen-bond donors (Lipinski definition) is 0. The summed E-state index contributed by atoms with van der Waals surface area (Å²) >= 11 is 0. The standard InChI is InChI=1S/C14H20N8O/c1-19(2)12-3-4-13(18-17-12)20-5-7-21(8-6-20)14(23)9-22-11-15-10-16-22/h3-4,10-11H,5-9H2,1-2H3. The summed E-state index contributed by atoms with van der Waals surface area (Å²) < 4.78 is 1.54. The van der Waals surface area contributed by atoms with Gasteiger partial charge in [-0.3, -0.25) is 4.79 Å². The molecule has 1 fully saturated rings. The molecule has 9 nitrogen and oxygen atoms in total. The maximum absolute atomic E-state index is 12.2. The molecule has 0 unspecified atom stereocenters. The number of hydrogen-bond acceptors (Lipinski definition) is 7. The third kappa shape index (κ3) is 3.55. The summed E-state index contributed by atoms with van der Waals surface area (Å²) in [5.74, 6) is 1.73. The van der Waals surface area contributed by atoms with Crippen LogP contribution in [-0.2, 0) is 11.3 Å². The van der Waals surface area contributed by atoms with Crippen LogP contribution < -0.4 is 9.80 Å². The fourth-order valence-corrected chi connectivity index (χ4v) is 2.46. The van der Waals surface area contributed by atoms with Crippen LogP contribution in [0.15, 0.2) is 24.8 Å². The topological polar surface area (TPSA) is 83.3 Å². The van der Waals surface area contributed by atoms with Gasteiger partial charge in [-0.05, 0) is 12.1 Å². The van der Waals surface area contributed by atoms with Gasteiger partial charge in [0.25, 0.3) is 0 Å². The molecule has 0 bridgehead atoms. The van der Waals surface area contributed by atoms with Crippen molar-refractivity contribution in [3.05, 3.63) is 24.8 Å². The highest BCUT2D eigenvalue weighted by atomic mass is 16.2. The zero-order valence-corrected chi connectivity index (χ0v) is 13.3. The monoisotopic (exact) mass is 316 g/mol. The molecular formula is C14H20N8O. The molecule has 1 aliphatic rings. The van der Waals surface area contributed by atoms with Crippen molar-refractivity contribution in [2.75, 3.05) is 50.1 Å². The van der Waals surface area contributed by atoms with Gasteiger partial charge in [0.15, 0.2) is 11.6 Å². The Morgan fingerprint density at radius 2 is 1.96 bits per heavy atom. The van der Waals surface area contributed by atoms with Gasteiger partial charge in [-0.2, -0.15) is 5.10 Å². The fourth-order valence-electron chi connectivity index (χ4n) is 2.46. The normalized spacial score (nSPS) is 14.9. The first-order valence-electron chi connectivity index (χ1n) is 7.49. The van der Waals surface area contributed by atoms with Crippen molar-refractivity contribution in [1.82, 2.24) is 29.9 Å². The number of nitrogens with zero attached hydrogens (tertiary/aromatic N) is 8. The molecule has 1 amide bonds. The molecule has 3 heterocycles. The Labute approximate surface area is 134 Å². The van der Waals surface area contributed by atoms with E-state index in [0.717, 1.165) is 24.7 Å². The Morgan fingerprint density at radius 3 is 2.52 bits per heavy atom. The Bertz CT molecular complexity index is 631.